The lowest BCUT2D eigenvalue weighted by atomic mass is 10.1. The Bertz CT molecular complexity index is 1030. The van der Waals surface area contributed by atoms with Crippen molar-refractivity contribution in [2.24, 2.45) is 9.98 Å². The fourth-order valence-corrected chi connectivity index (χ4v) is 2.73. The molecule has 0 bridgehead atoms. The summed E-state index contributed by atoms with van der Waals surface area (Å²) in [5.74, 6) is 1.05. The monoisotopic (exact) mass is 391 g/mol. The highest BCUT2D eigenvalue weighted by Gasteiger charge is 2.16. The number of nitriles is 1. The number of ether oxygens (including phenoxy) is 3. The van der Waals surface area contributed by atoms with Crippen LogP contribution in [0, 0.1) is 25.2 Å². The van der Waals surface area contributed by atoms with E-state index < -0.39 is 5.97 Å². The summed E-state index contributed by atoms with van der Waals surface area (Å²) in [6.07, 6.45) is 0.507. The molecular formula is C22H21N3O4. The molecule has 29 heavy (non-hydrogen) atoms. The molecule has 0 atom stereocenters. The van der Waals surface area contributed by atoms with E-state index >= 15 is 0 Å². The molecule has 3 rings (SSSR count). The van der Waals surface area contributed by atoms with Gasteiger partial charge in [0.1, 0.15) is 11.5 Å². The average Bonchev–Trinajstić information content (AvgIpc) is 2.69. The Morgan fingerprint density at radius 1 is 1.17 bits per heavy atom. The van der Waals surface area contributed by atoms with Crippen LogP contribution in [0.4, 0.5) is 0 Å². The summed E-state index contributed by atoms with van der Waals surface area (Å²) in [5, 5.41) is 9.07. The highest BCUT2D eigenvalue weighted by atomic mass is 16.5. The van der Waals surface area contributed by atoms with Gasteiger partial charge >= 0.3 is 12.0 Å². The van der Waals surface area contributed by atoms with Gasteiger partial charge < -0.3 is 14.2 Å². The van der Waals surface area contributed by atoms with Crippen molar-refractivity contribution >= 4 is 17.9 Å². The Kier molecular flexibility index (Phi) is 6.25. The molecule has 1 aliphatic rings. The number of aliphatic imine (C=N–C) groups is 2. The minimum absolute atomic E-state index is 0.169. The summed E-state index contributed by atoms with van der Waals surface area (Å²) in [7, 11) is 0. The molecule has 0 fully saturated rings. The molecule has 0 saturated heterocycles. The SMILES string of the molecule is CCOC(=O)c1cc(C)cc(OC2=NC(Oc3cc(C#N)ccc3C)=NCC2)c1. The van der Waals surface area contributed by atoms with Crippen LogP contribution in [-0.2, 0) is 4.74 Å². The minimum atomic E-state index is -0.398. The van der Waals surface area contributed by atoms with Gasteiger partial charge in [-0.3, -0.25) is 0 Å². The number of hydrogen-bond donors (Lipinski definition) is 0. The predicted molar refractivity (Wildman–Crippen MR) is 109 cm³/mol. The Morgan fingerprint density at radius 2 is 2.00 bits per heavy atom. The van der Waals surface area contributed by atoms with Crippen molar-refractivity contribution in [3.8, 4) is 17.6 Å². The molecule has 7 nitrogen and oxygen atoms in total. The van der Waals surface area contributed by atoms with E-state index in [1.807, 2.05) is 26.0 Å². The molecule has 2 aromatic rings. The summed E-state index contributed by atoms with van der Waals surface area (Å²) in [6, 6.07) is 12.6. The van der Waals surface area contributed by atoms with E-state index in [2.05, 4.69) is 16.1 Å². The number of carbonyl (C=O) groups is 1. The lowest BCUT2D eigenvalue weighted by molar-refractivity contribution is 0.0526. The van der Waals surface area contributed by atoms with Gasteiger partial charge in [-0.1, -0.05) is 6.07 Å². The number of nitrogens with zero attached hydrogens (tertiary/aromatic N) is 3. The Balaban J connectivity index is 1.77. The van der Waals surface area contributed by atoms with E-state index in [0.717, 1.165) is 11.1 Å². The van der Waals surface area contributed by atoms with Crippen molar-refractivity contribution < 1.29 is 19.0 Å². The zero-order valence-corrected chi connectivity index (χ0v) is 16.6. The second-order valence-corrected chi connectivity index (χ2v) is 6.47. The third-order valence-corrected chi connectivity index (χ3v) is 4.11. The number of rotatable bonds is 4. The van der Waals surface area contributed by atoms with Crippen LogP contribution in [0.2, 0.25) is 0 Å². The van der Waals surface area contributed by atoms with Crippen molar-refractivity contribution in [2.75, 3.05) is 13.2 Å². The van der Waals surface area contributed by atoms with E-state index in [0.29, 0.717) is 48.1 Å². The molecule has 7 heteroatoms. The van der Waals surface area contributed by atoms with Crippen LogP contribution < -0.4 is 9.47 Å². The predicted octanol–water partition coefficient (Wildman–Crippen LogP) is 3.97. The third kappa shape index (κ3) is 5.20. The molecule has 0 spiro atoms. The number of amidine groups is 1. The fourth-order valence-electron chi connectivity index (χ4n) is 2.73. The highest BCUT2D eigenvalue weighted by Crippen LogP contribution is 2.22. The van der Waals surface area contributed by atoms with Gasteiger partial charge in [-0.25, -0.2) is 9.79 Å². The van der Waals surface area contributed by atoms with Crippen molar-refractivity contribution in [1.82, 2.24) is 0 Å². The van der Waals surface area contributed by atoms with Crippen LogP contribution in [0.1, 0.15) is 40.4 Å². The first-order valence-electron chi connectivity index (χ1n) is 9.25. The number of esters is 1. The Labute approximate surface area is 169 Å². The van der Waals surface area contributed by atoms with Crippen LogP contribution in [0.5, 0.6) is 11.5 Å². The Hall–Kier alpha value is -3.66. The lowest BCUT2D eigenvalue weighted by Gasteiger charge is -2.15. The minimum Gasteiger partial charge on any atom is -0.462 e. The normalized spacial score (nSPS) is 13.0. The summed E-state index contributed by atoms with van der Waals surface area (Å²) in [5.41, 5.74) is 2.66. The first-order valence-corrected chi connectivity index (χ1v) is 9.25. The maximum absolute atomic E-state index is 12.0. The molecule has 0 saturated carbocycles. The van der Waals surface area contributed by atoms with Gasteiger partial charge in [-0.2, -0.15) is 10.3 Å². The van der Waals surface area contributed by atoms with Crippen molar-refractivity contribution in [1.29, 1.82) is 5.26 Å². The summed E-state index contributed by atoms with van der Waals surface area (Å²) in [4.78, 5) is 20.6. The van der Waals surface area contributed by atoms with E-state index in [-0.39, 0.29) is 6.02 Å². The quantitative estimate of drug-likeness (QED) is 0.735. The molecule has 2 aromatic carbocycles. The van der Waals surface area contributed by atoms with Crippen LogP contribution in [0.15, 0.2) is 46.4 Å². The summed E-state index contributed by atoms with van der Waals surface area (Å²) in [6.45, 7) is 6.28. The largest absolute Gasteiger partial charge is 0.462 e. The molecule has 0 amide bonds. The van der Waals surface area contributed by atoms with Crippen LogP contribution in [-0.4, -0.2) is 31.0 Å². The van der Waals surface area contributed by atoms with Crippen molar-refractivity contribution in [3.05, 3.63) is 58.7 Å². The smallest absolute Gasteiger partial charge is 0.338 e. The van der Waals surface area contributed by atoms with Gasteiger partial charge in [0.2, 0.25) is 5.90 Å². The second-order valence-electron chi connectivity index (χ2n) is 6.47. The molecule has 0 radical (unpaired) electrons. The molecule has 1 heterocycles. The average molecular weight is 391 g/mol. The van der Waals surface area contributed by atoms with Gasteiger partial charge in [-0.05, 0) is 62.2 Å². The van der Waals surface area contributed by atoms with Gasteiger partial charge in [0.25, 0.3) is 0 Å². The summed E-state index contributed by atoms with van der Waals surface area (Å²) < 4.78 is 16.7. The van der Waals surface area contributed by atoms with E-state index in [1.54, 1.807) is 31.2 Å². The number of carbonyl (C=O) groups excluding carboxylic acids is 1. The zero-order chi connectivity index (χ0) is 20.8. The molecule has 0 aliphatic carbocycles. The van der Waals surface area contributed by atoms with Gasteiger partial charge in [-0.15, -0.1) is 0 Å². The van der Waals surface area contributed by atoms with Gasteiger partial charge in [0.15, 0.2) is 0 Å². The molecular weight excluding hydrogens is 370 g/mol. The maximum Gasteiger partial charge on any atom is 0.338 e. The molecule has 0 aromatic heterocycles. The van der Waals surface area contributed by atoms with Crippen LogP contribution >= 0.6 is 0 Å². The molecule has 0 unspecified atom stereocenters. The Morgan fingerprint density at radius 3 is 2.76 bits per heavy atom. The maximum atomic E-state index is 12.0. The van der Waals surface area contributed by atoms with E-state index in [4.69, 9.17) is 19.5 Å². The zero-order valence-electron chi connectivity index (χ0n) is 16.6. The van der Waals surface area contributed by atoms with Crippen LogP contribution in [0.25, 0.3) is 0 Å². The third-order valence-electron chi connectivity index (χ3n) is 4.11. The van der Waals surface area contributed by atoms with Crippen molar-refractivity contribution in [3.63, 3.8) is 0 Å². The second kappa shape index (κ2) is 9.02. The first-order chi connectivity index (χ1) is 14.0. The molecule has 1 aliphatic heterocycles. The molecule has 148 valence electrons. The number of hydrogen-bond acceptors (Lipinski definition) is 7. The highest BCUT2D eigenvalue weighted by molar-refractivity contribution is 5.95. The molecule has 0 N–H and O–H groups in total. The fraction of sp³-hybridized carbons (Fsp3) is 0.273. The van der Waals surface area contributed by atoms with Crippen molar-refractivity contribution in [2.45, 2.75) is 27.2 Å². The van der Waals surface area contributed by atoms with Gasteiger partial charge in [0, 0.05) is 6.42 Å². The van der Waals surface area contributed by atoms with E-state index in [1.165, 1.54) is 0 Å². The lowest BCUT2D eigenvalue weighted by Crippen LogP contribution is -2.21. The van der Waals surface area contributed by atoms with E-state index in [9.17, 15) is 4.79 Å². The van der Waals surface area contributed by atoms with Gasteiger partial charge in [0.05, 0.1) is 30.3 Å². The van der Waals surface area contributed by atoms with Crippen LogP contribution in [0.3, 0.4) is 0 Å². The summed E-state index contributed by atoms with van der Waals surface area (Å²) >= 11 is 0. The number of aryl methyl sites for hydroxylation is 2. The standard InChI is InChI=1S/C22H21N3O4/c1-4-27-21(26)17-9-14(2)10-18(12-17)28-20-7-8-24-22(25-20)29-19-11-16(13-23)6-5-15(19)3/h5-6,9-12H,4,7-8H2,1-3H3. The number of benzene rings is 2. The topological polar surface area (TPSA) is 93.3 Å². The first kappa shape index (κ1) is 20.1.